The van der Waals surface area contributed by atoms with E-state index in [1.165, 1.54) is 17.7 Å². The lowest BCUT2D eigenvalue weighted by Gasteiger charge is -2.69. The maximum atomic E-state index is 14.1. The van der Waals surface area contributed by atoms with Crippen molar-refractivity contribution >= 4 is 29.6 Å². The molecule has 8 unspecified atom stereocenters. The number of fused-ring (bicyclic) bond motifs is 7. The number of carbonyl (C=O) groups excluding carboxylic acids is 4. The minimum absolute atomic E-state index is 0.0870. The number of ketones is 1. The average Bonchev–Trinajstić information content (AvgIpc) is 3.39. The molecule has 2 N–H and O–H groups in total. The Morgan fingerprint density at radius 3 is 2.27 bits per heavy atom. The van der Waals surface area contributed by atoms with Crippen molar-refractivity contribution in [3.05, 3.63) is 53.0 Å². The van der Waals surface area contributed by atoms with Crippen LogP contribution in [0.15, 0.2) is 47.2 Å². The van der Waals surface area contributed by atoms with Crippen molar-refractivity contribution in [1.82, 2.24) is 5.32 Å². The second-order valence-electron chi connectivity index (χ2n) is 19.1. The van der Waals surface area contributed by atoms with Gasteiger partial charge in [-0.3, -0.25) is 14.4 Å². The van der Waals surface area contributed by atoms with Crippen LogP contribution < -0.4 is 10.6 Å². The number of aldehydes is 1. The predicted octanol–water partition coefficient (Wildman–Crippen LogP) is 8.99. The van der Waals surface area contributed by atoms with E-state index in [1.807, 2.05) is 7.05 Å². The van der Waals surface area contributed by atoms with E-state index in [0.717, 1.165) is 68.9 Å². The van der Waals surface area contributed by atoms with E-state index < -0.39 is 10.8 Å². The third-order valence-corrected chi connectivity index (χ3v) is 14.9. The van der Waals surface area contributed by atoms with Crippen LogP contribution in [0.25, 0.3) is 0 Å². The number of hydrogen-bond donors (Lipinski definition) is 2. The lowest BCUT2D eigenvalue weighted by Crippen LogP contribution is -2.63. The molecule has 1 aromatic rings. The van der Waals surface area contributed by atoms with Crippen molar-refractivity contribution in [2.45, 2.75) is 126 Å². The van der Waals surface area contributed by atoms with Crippen LogP contribution in [-0.2, 0) is 23.9 Å². The van der Waals surface area contributed by atoms with Gasteiger partial charge in [-0.05, 0) is 127 Å². The molecule has 5 aliphatic rings. The van der Waals surface area contributed by atoms with Gasteiger partial charge < -0.3 is 20.2 Å². The molecule has 6 rings (SSSR count). The lowest BCUT2D eigenvalue weighted by atomic mass is 9.36. The van der Waals surface area contributed by atoms with Gasteiger partial charge in [0.1, 0.15) is 18.2 Å². The summed E-state index contributed by atoms with van der Waals surface area (Å²) in [5, 5.41) is 6.28. The van der Waals surface area contributed by atoms with Crippen LogP contribution >= 0.6 is 0 Å². The zero-order chi connectivity index (χ0) is 38.0. The zero-order valence-corrected chi connectivity index (χ0v) is 32.9. The molecule has 1 aromatic carbocycles. The minimum atomic E-state index is -0.734. The van der Waals surface area contributed by atoms with E-state index in [0.29, 0.717) is 29.9 Å². The van der Waals surface area contributed by atoms with Crippen LogP contribution in [0.1, 0.15) is 120 Å². The second kappa shape index (κ2) is 13.5. The fourth-order valence-corrected chi connectivity index (χ4v) is 12.7. The highest BCUT2D eigenvalue weighted by atomic mass is 19.1. The summed E-state index contributed by atoms with van der Waals surface area (Å²) in [6.45, 7) is 17.5. The van der Waals surface area contributed by atoms with Gasteiger partial charge in [-0.15, -0.1) is 0 Å². The van der Waals surface area contributed by atoms with E-state index >= 15 is 0 Å². The molecule has 0 saturated heterocycles. The maximum Gasteiger partial charge on any atom is 0.307 e. The molecule has 8 atom stereocenters. The molecule has 0 radical (unpaired) electrons. The molecular weight excluding hydrogens is 655 g/mol. The van der Waals surface area contributed by atoms with E-state index in [-0.39, 0.29) is 64.1 Å². The smallest absolute Gasteiger partial charge is 0.307 e. The standard InChI is InChI=1S/C44H61FN2O5/c1-26(2)38-31(49)23-44(34(46-9)22-36(50)47-28-12-10-27(45)11-13-28)21-16-30-29(39(38)44)14-15-33-42(30,7)19-17-32-41(5,6)35(18-20-43(32,33)8)52-37(51)24-40(3,4)25-48/h10-13,22,25-26,29-30,32-33,35,46H,14-21,23-24H2,1-9H3,(H,47,50)/b34-22-. The van der Waals surface area contributed by atoms with Gasteiger partial charge in [-0.1, -0.05) is 55.4 Å². The lowest BCUT2D eigenvalue weighted by molar-refractivity contribution is -0.213. The van der Waals surface area contributed by atoms with E-state index in [4.69, 9.17) is 4.74 Å². The van der Waals surface area contributed by atoms with Crippen molar-refractivity contribution in [1.29, 1.82) is 0 Å². The van der Waals surface area contributed by atoms with Crippen LogP contribution in [0.3, 0.4) is 0 Å². The first-order valence-corrected chi connectivity index (χ1v) is 19.7. The molecular formula is C44H61FN2O5. The Bertz CT molecular complexity index is 1670. The minimum Gasteiger partial charge on any atom is -0.462 e. The monoisotopic (exact) mass is 716 g/mol. The highest BCUT2D eigenvalue weighted by Gasteiger charge is 2.67. The summed E-state index contributed by atoms with van der Waals surface area (Å²) in [6, 6.07) is 5.76. The summed E-state index contributed by atoms with van der Waals surface area (Å²) in [6.07, 6.45) is 10.7. The number of halogens is 1. The van der Waals surface area contributed by atoms with Gasteiger partial charge in [-0.2, -0.15) is 0 Å². The third-order valence-electron chi connectivity index (χ3n) is 14.9. The second-order valence-corrected chi connectivity index (χ2v) is 19.1. The van der Waals surface area contributed by atoms with Crippen LogP contribution in [0.5, 0.6) is 0 Å². The van der Waals surface area contributed by atoms with E-state index in [1.54, 1.807) is 32.1 Å². The van der Waals surface area contributed by atoms with Gasteiger partial charge in [0.25, 0.3) is 0 Å². The Balaban J connectivity index is 1.29. The van der Waals surface area contributed by atoms with Crippen molar-refractivity contribution < 1.29 is 28.3 Å². The third kappa shape index (κ3) is 6.28. The first kappa shape index (κ1) is 38.4. The molecule has 8 heteroatoms. The summed E-state index contributed by atoms with van der Waals surface area (Å²) in [7, 11) is 1.85. The molecule has 0 bridgehead atoms. The normalized spacial score (nSPS) is 35.6. The Hall–Kier alpha value is -3.29. The van der Waals surface area contributed by atoms with Crippen molar-refractivity contribution in [3.8, 4) is 0 Å². The number of benzene rings is 1. The maximum absolute atomic E-state index is 14.1. The average molecular weight is 717 g/mol. The number of amides is 1. The Labute approximate surface area is 310 Å². The topological polar surface area (TPSA) is 102 Å². The predicted molar refractivity (Wildman–Crippen MR) is 201 cm³/mol. The highest BCUT2D eigenvalue weighted by Crippen LogP contribution is 2.73. The number of rotatable bonds is 9. The first-order valence-electron chi connectivity index (χ1n) is 19.7. The molecule has 0 aromatic heterocycles. The van der Waals surface area contributed by atoms with Crippen LogP contribution in [-0.4, -0.2) is 37.1 Å². The highest BCUT2D eigenvalue weighted by molar-refractivity contribution is 6.03. The SMILES string of the molecule is CN/C(=C\C(=O)Nc1ccc(F)cc1)C12CCC3C(CCC4C3(C)CCC3C(C)(C)C(OC(=O)CC(C)(C)C=O)CCC34C)C1=C(C(C)C)C(=O)C2. The molecule has 4 saturated carbocycles. The van der Waals surface area contributed by atoms with Gasteiger partial charge in [-0.25, -0.2) is 4.39 Å². The molecule has 5 aliphatic carbocycles. The Kier molecular flexibility index (Phi) is 10.0. The van der Waals surface area contributed by atoms with E-state index in [2.05, 4.69) is 52.2 Å². The number of hydrogen-bond acceptors (Lipinski definition) is 6. The van der Waals surface area contributed by atoms with Crippen LogP contribution in [0.4, 0.5) is 10.1 Å². The zero-order valence-electron chi connectivity index (χ0n) is 32.9. The van der Waals surface area contributed by atoms with Crippen molar-refractivity contribution in [2.75, 3.05) is 12.4 Å². The number of allylic oxidation sites excluding steroid dienone is 2. The van der Waals surface area contributed by atoms with Gasteiger partial charge in [0.2, 0.25) is 5.91 Å². The molecule has 7 nitrogen and oxygen atoms in total. The van der Waals surface area contributed by atoms with Crippen molar-refractivity contribution in [3.63, 3.8) is 0 Å². The number of Topliss-reactive ketones (excluding diaryl/α,β-unsaturated/α-hetero) is 1. The van der Waals surface area contributed by atoms with Crippen LogP contribution in [0, 0.1) is 62.5 Å². The quantitative estimate of drug-likeness (QED) is 0.150. The van der Waals surface area contributed by atoms with Gasteiger partial charge in [0.05, 0.1) is 6.42 Å². The number of carbonyl (C=O) groups is 4. The molecule has 284 valence electrons. The van der Waals surface area contributed by atoms with Crippen LogP contribution in [0.2, 0.25) is 0 Å². The van der Waals surface area contributed by atoms with Gasteiger partial charge >= 0.3 is 5.97 Å². The fourth-order valence-electron chi connectivity index (χ4n) is 12.7. The number of anilines is 1. The Morgan fingerprint density at radius 1 is 0.962 bits per heavy atom. The molecule has 1 amide bonds. The molecule has 0 spiro atoms. The summed E-state index contributed by atoms with van der Waals surface area (Å²) >= 11 is 0. The van der Waals surface area contributed by atoms with Gasteiger partial charge in [0, 0.05) is 47.2 Å². The fraction of sp³-hybridized carbons (Fsp3) is 0.682. The molecule has 0 aliphatic heterocycles. The summed E-state index contributed by atoms with van der Waals surface area (Å²) in [5.74, 6) is 0.969. The van der Waals surface area contributed by atoms with Crippen molar-refractivity contribution in [2.24, 2.45) is 56.7 Å². The van der Waals surface area contributed by atoms with Gasteiger partial charge in [0.15, 0.2) is 5.78 Å². The largest absolute Gasteiger partial charge is 0.462 e. The molecule has 4 fully saturated rings. The summed E-state index contributed by atoms with van der Waals surface area (Å²) < 4.78 is 19.7. The summed E-state index contributed by atoms with van der Waals surface area (Å²) in [4.78, 5) is 52.0. The molecule has 0 heterocycles. The molecule has 52 heavy (non-hydrogen) atoms. The Morgan fingerprint density at radius 2 is 1.63 bits per heavy atom. The first-order chi connectivity index (χ1) is 24.3. The number of esters is 1. The van der Waals surface area contributed by atoms with E-state index in [9.17, 15) is 23.6 Å². The number of nitrogens with one attached hydrogen (secondary N) is 2. The summed E-state index contributed by atoms with van der Waals surface area (Å²) in [5.41, 5.74) is 2.28. The number of ether oxygens (including phenoxy) is 1.